The number of furan rings is 1. The minimum Gasteiger partial charge on any atom is -0.454 e. The Hall–Kier alpha value is -1.74. The van der Waals surface area contributed by atoms with Crippen molar-refractivity contribution in [3.05, 3.63) is 53.0 Å². The number of alkyl halides is 1. The number of para-hydroxylation sites is 1. The molecule has 106 valence electrons. The molecule has 0 radical (unpaired) electrons. The van der Waals surface area contributed by atoms with Crippen LogP contribution in [0.25, 0.3) is 0 Å². The first-order valence-electron chi connectivity index (χ1n) is 6.66. The van der Waals surface area contributed by atoms with Gasteiger partial charge in [0.25, 0.3) is 5.91 Å². The quantitative estimate of drug-likeness (QED) is 0.830. The van der Waals surface area contributed by atoms with Crippen LogP contribution in [0, 0.1) is 6.92 Å². The number of amides is 1. The molecule has 3 nitrogen and oxygen atoms in total. The Balaban J connectivity index is 2.23. The van der Waals surface area contributed by atoms with Crippen LogP contribution in [0.3, 0.4) is 0 Å². The molecule has 4 heteroatoms. The van der Waals surface area contributed by atoms with E-state index in [1.54, 1.807) is 19.1 Å². The standard InChI is InChI=1S/C16H18ClNO2/c1-4-12-7-5-6-10(2)15(12)18-16(19)14-9-8-13(20-14)11(3)17/h5-9,11H,4H2,1-3H3,(H,18,19). The van der Waals surface area contributed by atoms with Crippen LogP contribution in [-0.2, 0) is 6.42 Å². The predicted octanol–water partition coefficient (Wildman–Crippen LogP) is 4.70. The van der Waals surface area contributed by atoms with E-state index >= 15 is 0 Å². The van der Waals surface area contributed by atoms with Gasteiger partial charge in [0.05, 0.1) is 5.38 Å². The lowest BCUT2D eigenvalue weighted by Gasteiger charge is -2.12. The fourth-order valence-electron chi connectivity index (χ4n) is 2.07. The topological polar surface area (TPSA) is 42.2 Å². The molecule has 1 aromatic carbocycles. The van der Waals surface area contributed by atoms with Crippen molar-refractivity contribution in [1.29, 1.82) is 0 Å². The van der Waals surface area contributed by atoms with Gasteiger partial charge in [-0.3, -0.25) is 4.79 Å². The number of anilines is 1. The molecule has 0 aliphatic heterocycles. The van der Waals surface area contributed by atoms with Crippen LogP contribution >= 0.6 is 11.6 Å². The second kappa shape index (κ2) is 6.14. The van der Waals surface area contributed by atoms with Crippen LogP contribution in [0.5, 0.6) is 0 Å². The van der Waals surface area contributed by atoms with E-state index in [-0.39, 0.29) is 17.0 Å². The molecule has 1 heterocycles. The van der Waals surface area contributed by atoms with Crippen molar-refractivity contribution in [1.82, 2.24) is 0 Å². The summed E-state index contributed by atoms with van der Waals surface area (Å²) in [6.45, 7) is 5.84. The van der Waals surface area contributed by atoms with Gasteiger partial charge in [-0.15, -0.1) is 11.6 Å². The van der Waals surface area contributed by atoms with Crippen molar-refractivity contribution >= 4 is 23.2 Å². The van der Waals surface area contributed by atoms with E-state index in [9.17, 15) is 4.79 Å². The molecule has 20 heavy (non-hydrogen) atoms. The van der Waals surface area contributed by atoms with Gasteiger partial charge in [0.1, 0.15) is 5.76 Å². The van der Waals surface area contributed by atoms with E-state index in [2.05, 4.69) is 12.2 Å². The summed E-state index contributed by atoms with van der Waals surface area (Å²) in [4.78, 5) is 12.2. The van der Waals surface area contributed by atoms with Gasteiger partial charge in [0, 0.05) is 5.69 Å². The maximum Gasteiger partial charge on any atom is 0.291 e. The SMILES string of the molecule is CCc1cccc(C)c1NC(=O)c1ccc(C(C)Cl)o1. The summed E-state index contributed by atoms with van der Waals surface area (Å²) in [7, 11) is 0. The third kappa shape index (κ3) is 3.05. The summed E-state index contributed by atoms with van der Waals surface area (Å²) >= 11 is 5.93. The van der Waals surface area contributed by atoms with Gasteiger partial charge in [0.2, 0.25) is 0 Å². The first-order chi connectivity index (χ1) is 9.52. The maximum absolute atomic E-state index is 12.2. The number of halogens is 1. The fourth-order valence-corrected chi connectivity index (χ4v) is 2.18. The first-order valence-corrected chi connectivity index (χ1v) is 7.10. The summed E-state index contributed by atoms with van der Waals surface area (Å²) in [5.74, 6) is 0.618. The number of rotatable bonds is 4. The highest BCUT2D eigenvalue weighted by Crippen LogP contribution is 2.24. The number of carbonyl (C=O) groups is 1. The lowest BCUT2D eigenvalue weighted by Crippen LogP contribution is -2.13. The normalized spacial score (nSPS) is 12.2. The highest BCUT2D eigenvalue weighted by molar-refractivity contribution is 6.20. The van der Waals surface area contributed by atoms with E-state index in [1.165, 1.54) is 0 Å². The molecule has 1 atom stereocenters. The number of aryl methyl sites for hydroxylation is 2. The lowest BCUT2D eigenvalue weighted by molar-refractivity contribution is 0.0995. The Kier molecular flexibility index (Phi) is 4.50. The minimum atomic E-state index is -0.252. The molecule has 2 rings (SSSR count). The summed E-state index contributed by atoms with van der Waals surface area (Å²) < 4.78 is 5.45. The molecule has 0 bridgehead atoms. The van der Waals surface area contributed by atoms with Crippen LogP contribution in [0.4, 0.5) is 5.69 Å². The molecule has 1 N–H and O–H groups in total. The largest absolute Gasteiger partial charge is 0.454 e. The smallest absolute Gasteiger partial charge is 0.291 e. The summed E-state index contributed by atoms with van der Waals surface area (Å²) in [5, 5.41) is 2.67. The third-order valence-corrected chi connectivity index (χ3v) is 3.44. The Morgan fingerprint density at radius 3 is 2.70 bits per heavy atom. The highest BCUT2D eigenvalue weighted by atomic mass is 35.5. The van der Waals surface area contributed by atoms with Crippen molar-refractivity contribution in [3.63, 3.8) is 0 Å². The van der Waals surface area contributed by atoms with Gasteiger partial charge in [0.15, 0.2) is 5.76 Å². The summed E-state index contributed by atoms with van der Waals surface area (Å²) in [5.41, 5.74) is 3.00. The Morgan fingerprint density at radius 2 is 2.10 bits per heavy atom. The molecule has 1 unspecified atom stereocenters. The molecular formula is C16H18ClNO2. The Bertz CT molecular complexity index is 617. The summed E-state index contributed by atoms with van der Waals surface area (Å²) in [6, 6.07) is 9.35. The van der Waals surface area contributed by atoms with Crippen LogP contribution in [0.15, 0.2) is 34.7 Å². The van der Waals surface area contributed by atoms with Crippen LogP contribution in [0.2, 0.25) is 0 Å². The number of hydrogen-bond acceptors (Lipinski definition) is 2. The third-order valence-electron chi connectivity index (χ3n) is 3.22. The number of benzene rings is 1. The maximum atomic E-state index is 12.2. The minimum absolute atomic E-state index is 0.249. The number of carbonyl (C=O) groups excluding carboxylic acids is 1. The van der Waals surface area contributed by atoms with E-state index in [1.807, 2.05) is 25.1 Å². The van der Waals surface area contributed by atoms with Crippen molar-refractivity contribution in [2.24, 2.45) is 0 Å². The Morgan fingerprint density at radius 1 is 1.35 bits per heavy atom. The van der Waals surface area contributed by atoms with Crippen molar-refractivity contribution < 1.29 is 9.21 Å². The molecule has 0 aliphatic rings. The van der Waals surface area contributed by atoms with Gasteiger partial charge in [-0.1, -0.05) is 25.1 Å². The molecule has 2 aromatic rings. The average Bonchev–Trinajstić information content (AvgIpc) is 2.91. The van der Waals surface area contributed by atoms with Crippen LogP contribution < -0.4 is 5.32 Å². The zero-order chi connectivity index (χ0) is 14.7. The van der Waals surface area contributed by atoms with Gasteiger partial charge >= 0.3 is 0 Å². The average molecular weight is 292 g/mol. The van der Waals surface area contributed by atoms with E-state index in [4.69, 9.17) is 16.0 Å². The lowest BCUT2D eigenvalue weighted by atomic mass is 10.1. The molecule has 0 aliphatic carbocycles. The fraction of sp³-hybridized carbons (Fsp3) is 0.312. The van der Waals surface area contributed by atoms with E-state index in [0.717, 1.165) is 23.2 Å². The number of hydrogen-bond donors (Lipinski definition) is 1. The molecule has 1 aromatic heterocycles. The second-order valence-electron chi connectivity index (χ2n) is 4.73. The van der Waals surface area contributed by atoms with Gasteiger partial charge in [-0.25, -0.2) is 0 Å². The van der Waals surface area contributed by atoms with Crippen LogP contribution in [-0.4, -0.2) is 5.91 Å². The molecule has 0 spiro atoms. The Labute approximate surface area is 123 Å². The van der Waals surface area contributed by atoms with Gasteiger partial charge in [-0.2, -0.15) is 0 Å². The number of nitrogens with one attached hydrogen (secondary N) is 1. The zero-order valence-electron chi connectivity index (χ0n) is 11.9. The molecule has 0 saturated heterocycles. The monoisotopic (exact) mass is 291 g/mol. The van der Waals surface area contributed by atoms with Gasteiger partial charge in [-0.05, 0) is 43.5 Å². The summed E-state index contributed by atoms with van der Waals surface area (Å²) in [6.07, 6.45) is 0.861. The highest BCUT2D eigenvalue weighted by Gasteiger charge is 2.15. The molecule has 0 fully saturated rings. The van der Waals surface area contributed by atoms with E-state index in [0.29, 0.717) is 5.76 Å². The molecular weight excluding hydrogens is 274 g/mol. The molecule has 0 saturated carbocycles. The predicted molar refractivity (Wildman–Crippen MR) is 81.5 cm³/mol. The van der Waals surface area contributed by atoms with Crippen molar-refractivity contribution in [2.45, 2.75) is 32.6 Å². The zero-order valence-corrected chi connectivity index (χ0v) is 12.6. The first kappa shape index (κ1) is 14.7. The van der Waals surface area contributed by atoms with Crippen molar-refractivity contribution in [3.8, 4) is 0 Å². The van der Waals surface area contributed by atoms with Gasteiger partial charge < -0.3 is 9.73 Å². The van der Waals surface area contributed by atoms with Crippen molar-refractivity contribution in [2.75, 3.05) is 5.32 Å². The van der Waals surface area contributed by atoms with Crippen LogP contribution in [0.1, 0.15) is 46.7 Å². The van der Waals surface area contributed by atoms with E-state index < -0.39 is 0 Å². The second-order valence-corrected chi connectivity index (χ2v) is 5.39. The molecule has 1 amide bonds.